The Morgan fingerprint density at radius 1 is 1.30 bits per heavy atom. The molecule has 8 heteroatoms. The van der Waals surface area contributed by atoms with E-state index in [1.165, 1.54) is 13.8 Å². The molecule has 0 aromatic rings. The SMILES string of the molecule is C.C=CCN.C=CCNC(=S)SC(C)(C)C(=O)O.CC(C)=O.Cl. The van der Waals surface area contributed by atoms with Crippen molar-refractivity contribution in [3.05, 3.63) is 25.3 Å². The molecule has 0 atom stereocenters. The molecule has 0 unspecified atom stereocenters. The highest BCUT2D eigenvalue weighted by Gasteiger charge is 2.29. The van der Waals surface area contributed by atoms with Gasteiger partial charge in [0.1, 0.15) is 14.9 Å². The van der Waals surface area contributed by atoms with Gasteiger partial charge in [-0.15, -0.1) is 25.6 Å². The van der Waals surface area contributed by atoms with Crippen molar-refractivity contribution in [3.63, 3.8) is 0 Å². The van der Waals surface area contributed by atoms with Crippen molar-refractivity contribution in [2.45, 2.75) is 39.9 Å². The Morgan fingerprint density at radius 3 is 1.87 bits per heavy atom. The zero-order valence-corrected chi connectivity index (χ0v) is 16.0. The fraction of sp³-hybridized carbons (Fsp3) is 0.533. The van der Waals surface area contributed by atoms with Crippen LogP contribution in [0.3, 0.4) is 0 Å². The number of thioether (sulfide) groups is 1. The molecule has 0 rings (SSSR count). The van der Waals surface area contributed by atoms with Crippen molar-refractivity contribution >= 4 is 52.5 Å². The lowest BCUT2D eigenvalue weighted by molar-refractivity contribution is -0.138. The first-order chi connectivity index (χ1) is 9.54. The van der Waals surface area contributed by atoms with Crippen molar-refractivity contribution in [1.29, 1.82) is 0 Å². The average molecular weight is 387 g/mol. The predicted molar refractivity (Wildman–Crippen MR) is 110 cm³/mol. The van der Waals surface area contributed by atoms with Gasteiger partial charge in [-0.05, 0) is 27.7 Å². The molecule has 0 amide bonds. The molecule has 0 aromatic carbocycles. The van der Waals surface area contributed by atoms with Gasteiger partial charge >= 0.3 is 5.97 Å². The number of nitrogens with two attached hydrogens (primary N) is 1. The highest BCUT2D eigenvalue weighted by Crippen LogP contribution is 2.24. The van der Waals surface area contributed by atoms with E-state index in [4.69, 9.17) is 23.1 Å². The number of aliphatic carboxylic acids is 1. The number of thiocarbonyl (C=S) groups is 1. The molecule has 0 saturated heterocycles. The first-order valence-electron chi connectivity index (χ1n) is 6.14. The van der Waals surface area contributed by atoms with Gasteiger partial charge in [0.05, 0.1) is 0 Å². The highest BCUT2D eigenvalue weighted by molar-refractivity contribution is 8.24. The summed E-state index contributed by atoms with van der Waals surface area (Å²) in [6, 6.07) is 0. The number of hydrogen-bond acceptors (Lipinski definition) is 5. The second kappa shape index (κ2) is 21.1. The molecular weight excluding hydrogens is 356 g/mol. The van der Waals surface area contributed by atoms with Gasteiger partial charge in [0.2, 0.25) is 0 Å². The second-order valence-corrected chi connectivity index (χ2v) is 6.61. The van der Waals surface area contributed by atoms with Crippen LogP contribution in [0.2, 0.25) is 0 Å². The lowest BCUT2D eigenvalue weighted by atomic mass is 10.2. The van der Waals surface area contributed by atoms with Crippen LogP contribution < -0.4 is 11.1 Å². The molecule has 0 aliphatic rings. The molecule has 4 N–H and O–H groups in total. The first kappa shape index (κ1) is 33.7. The van der Waals surface area contributed by atoms with E-state index in [2.05, 4.69) is 18.5 Å². The van der Waals surface area contributed by atoms with Gasteiger partial charge in [-0.25, -0.2) is 0 Å². The monoisotopic (exact) mass is 386 g/mol. The fourth-order valence-corrected chi connectivity index (χ4v) is 1.88. The van der Waals surface area contributed by atoms with E-state index < -0.39 is 10.7 Å². The number of halogens is 1. The van der Waals surface area contributed by atoms with Crippen LogP contribution in [0.15, 0.2) is 25.3 Å². The van der Waals surface area contributed by atoms with Crippen LogP contribution in [0.5, 0.6) is 0 Å². The van der Waals surface area contributed by atoms with Gasteiger partial charge in [0.25, 0.3) is 0 Å². The minimum absolute atomic E-state index is 0. The predicted octanol–water partition coefficient (Wildman–Crippen LogP) is 3.43. The third-order valence-electron chi connectivity index (χ3n) is 1.42. The van der Waals surface area contributed by atoms with Crippen LogP contribution in [-0.4, -0.2) is 39.0 Å². The summed E-state index contributed by atoms with van der Waals surface area (Å²) in [5.41, 5.74) is 4.91. The number of carbonyl (C=O) groups is 2. The minimum Gasteiger partial charge on any atom is -0.480 e. The topological polar surface area (TPSA) is 92.4 Å². The van der Waals surface area contributed by atoms with Crippen LogP contribution >= 0.6 is 36.4 Å². The van der Waals surface area contributed by atoms with Crippen molar-refractivity contribution in [2.24, 2.45) is 5.73 Å². The van der Waals surface area contributed by atoms with Gasteiger partial charge in [-0.3, -0.25) is 4.79 Å². The van der Waals surface area contributed by atoms with E-state index in [1.807, 2.05) is 0 Å². The summed E-state index contributed by atoms with van der Waals surface area (Å²) >= 11 is 6.05. The largest absolute Gasteiger partial charge is 0.480 e. The number of ketones is 1. The van der Waals surface area contributed by atoms with Crippen molar-refractivity contribution in [2.75, 3.05) is 13.1 Å². The van der Waals surface area contributed by atoms with Crippen molar-refractivity contribution in [1.82, 2.24) is 5.32 Å². The zero-order valence-electron chi connectivity index (χ0n) is 13.5. The molecule has 0 fully saturated rings. The summed E-state index contributed by atoms with van der Waals surface area (Å²) in [7, 11) is 0. The Bertz CT molecular complexity index is 359. The van der Waals surface area contributed by atoms with E-state index >= 15 is 0 Å². The molecule has 0 spiro atoms. The number of carboxylic acid groups (broad SMARTS) is 1. The molecule has 0 aromatic heterocycles. The third-order valence-corrected chi connectivity index (χ3v) is 2.83. The first-order valence-corrected chi connectivity index (χ1v) is 7.36. The molecule has 138 valence electrons. The normalized spacial score (nSPS) is 8.22. The van der Waals surface area contributed by atoms with Crippen molar-refractivity contribution in [3.8, 4) is 0 Å². The number of carbonyl (C=O) groups excluding carboxylic acids is 1. The minimum atomic E-state index is -0.884. The lowest BCUT2D eigenvalue weighted by Crippen LogP contribution is -2.32. The van der Waals surface area contributed by atoms with Crippen molar-refractivity contribution < 1.29 is 14.7 Å². The summed E-state index contributed by atoms with van der Waals surface area (Å²) in [6.07, 6.45) is 3.32. The summed E-state index contributed by atoms with van der Waals surface area (Å²) in [5, 5.41) is 11.6. The van der Waals surface area contributed by atoms with E-state index in [0.29, 0.717) is 17.4 Å². The maximum Gasteiger partial charge on any atom is 0.319 e. The van der Waals surface area contributed by atoms with E-state index in [0.717, 1.165) is 11.8 Å². The van der Waals surface area contributed by atoms with Gasteiger partial charge in [0.15, 0.2) is 0 Å². The Kier molecular flexibility index (Phi) is 30.9. The van der Waals surface area contributed by atoms with Gasteiger partial charge in [-0.2, -0.15) is 0 Å². The average Bonchev–Trinajstić information content (AvgIpc) is 2.35. The van der Waals surface area contributed by atoms with Crippen LogP contribution in [0, 0.1) is 0 Å². The summed E-state index contributed by atoms with van der Waals surface area (Å²) in [4.78, 5) is 20.1. The Balaban J connectivity index is -0.0000000909. The molecule has 23 heavy (non-hydrogen) atoms. The number of Topliss-reactive ketones (excluding diaryl/α,β-unsaturated/α-hetero) is 1. The number of rotatable bonds is 5. The van der Waals surface area contributed by atoms with Crippen LogP contribution in [0.4, 0.5) is 0 Å². The van der Waals surface area contributed by atoms with Crippen LogP contribution in [-0.2, 0) is 9.59 Å². The molecule has 0 bridgehead atoms. The van der Waals surface area contributed by atoms with Gasteiger partial charge < -0.3 is 21.0 Å². The molecule has 0 heterocycles. The van der Waals surface area contributed by atoms with Gasteiger partial charge in [-0.1, -0.05) is 43.6 Å². The molecule has 0 radical (unpaired) electrons. The second-order valence-electron chi connectivity index (χ2n) is 4.31. The van der Waals surface area contributed by atoms with E-state index in [-0.39, 0.29) is 25.6 Å². The summed E-state index contributed by atoms with van der Waals surface area (Å²) in [6.45, 7) is 14.3. The zero-order chi connectivity index (χ0) is 17.5. The Hall–Kier alpha value is -0.890. The quantitative estimate of drug-likeness (QED) is 0.492. The number of carboxylic acids is 1. The van der Waals surface area contributed by atoms with Gasteiger partial charge in [0, 0.05) is 13.1 Å². The fourth-order valence-electron chi connectivity index (χ4n) is 0.467. The van der Waals surface area contributed by atoms with Crippen LogP contribution in [0.25, 0.3) is 0 Å². The number of nitrogens with one attached hydrogen (secondary N) is 1. The smallest absolute Gasteiger partial charge is 0.319 e. The maximum absolute atomic E-state index is 10.7. The summed E-state index contributed by atoms with van der Waals surface area (Å²) < 4.78 is -0.405. The molecule has 0 aliphatic heterocycles. The van der Waals surface area contributed by atoms with E-state index in [9.17, 15) is 9.59 Å². The molecule has 0 saturated carbocycles. The van der Waals surface area contributed by atoms with Crippen LogP contribution in [0.1, 0.15) is 35.1 Å². The molecule has 0 aliphatic carbocycles. The lowest BCUT2D eigenvalue weighted by Gasteiger charge is -2.18. The summed E-state index contributed by atoms with van der Waals surface area (Å²) in [5.74, 6) is -0.708. The van der Waals surface area contributed by atoms with E-state index in [1.54, 1.807) is 26.0 Å². The molecular formula is C15H31ClN2O3S2. The standard InChI is InChI=1S/C8H13NO2S2.C3H7N.C3H6O.CH4.ClH/c1-4-5-9-7(12)13-8(2,3)6(10)11;1-2-3-4;1-3(2)4;;/h4H,1,5H2,2-3H3,(H,9,12)(H,10,11);2H,1,3-4H2;1-2H3;1H4;1H. The highest BCUT2D eigenvalue weighted by atomic mass is 35.5. The third kappa shape index (κ3) is 33.8. The Morgan fingerprint density at radius 2 is 1.65 bits per heavy atom. The molecule has 5 nitrogen and oxygen atoms in total. The Labute approximate surface area is 156 Å². The maximum atomic E-state index is 10.7. The number of hydrogen-bond donors (Lipinski definition) is 3.